The largest absolute Gasteiger partial charge is 0.456 e. The van der Waals surface area contributed by atoms with Crippen LogP contribution in [0.1, 0.15) is 5.56 Å². The van der Waals surface area contributed by atoms with Crippen LogP contribution in [-0.2, 0) is 0 Å². The molecule has 51 heavy (non-hydrogen) atoms. The van der Waals surface area contributed by atoms with Gasteiger partial charge in [0.25, 0.3) is 0 Å². The molecule has 0 aliphatic heterocycles. The van der Waals surface area contributed by atoms with Gasteiger partial charge in [-0.3, -0.25) is 0 Å². The zero-order valence-corrected chi connectivity index (χ0v) is 27.5. The van der Waals surface area contributed by atoms with Crippen molar-refractivity contribution in [2.24, 2.45) is 0 Å². The van der Waals surface area contributed by atoms with Gasteiger partial charge in [-0.1, -0.05) is 146 Å². The maximum absolute atomic E-state index is 9.14. The van der Waals surface area contributed by atoms with Gasteiger partial charge in [0.1, 0.15) is 11.2 Å². The highest BCUT2D eigenvalue weighted by atomic mass is 16.3. The van der Waals surface area contributed by atoms with Crippen molar-refractivity contribution in [2.45, 2.75) is 0 Å². The minimum atomic E-state index is 0.658. The summed E-state index contributed by atoms with van der Waals surface area (Å²) in [6, 6.07) is 61.9. The van der Waals surface area contributed by atoms with Crippen molar-refractivity contribution in [3.8, 4) is 73.4 Å². The molecule has 9 aromatic rings. The van der Waals surface area contributed by atoms with Gasteiger partial charge in [0, 0.05) is 33.0 Å². The Morgan fingerprint density at radius 1 is 0.353 bits per heavy atom. The van der Waals surface area contributed by atoms with E-state index in [0.717, 1.165) is 89.2 Å². The third-order valence-electron chi connectivity index (χ3n) is 9.37. The van der Waals surface area contributed by atoms with E-state index in [1.165, 1.54) is 0 Å². The zero-order chi connectivity index (χ0) is 34.1. The standard InChI is InChI=1S/C47H29N3O/c48-30-31-15-17-32(18-16-31)33-19-21-34(22-20-33)35-23-25-38(26-24-35)46-44(36-9-3-1-4-10-36)50-47(45(49-46)37-11-5-2-6-12-37)39-27-28-41-40-13-7-8-14-42(40)51-43(41)29-39/h1-29H. The van der Waals surface area contributed by atoms with Crippen LogP contribution in [0.2, 0.25) is 0 Å². The van der Waals surface area contributed by atoms with E-state index in [0.29, 0.717) is 5.56 Å². The average molecular weight is 652 g/mol. The van der Waals surface area contributed by atoms with E-state index >= 15 is 0 Å². The molecule has 0 saturated carbocycles. The monoisotopic (exact) mass is 651 g/mol. The quantitative estimate of drug-likeness (QED) is 0.179. The number of hydrogen-bond acceptors (Lipinski definition) is 4. The smallest absolute Gasteiger partial charge is 0.136 e. The highest BCUT2D eigenvalue weighted by Gasteiger charge is 2.20. The molecule has 0 radical (unpaired) electrons. The molecule has 0 spiro atoms. The highest BCUT2D eigenvalue weighted by molar-refractivity contribution is 6.06. The van der Waals surface area contributed by atoms with Crippen LogP contribution in [0.15, 0.2) is 180 Å². The fourth-order valence-corrected chi connectivity index (χ4v) is 6.72. The fourth-order valence-electron chi connectivity index (χ4n) is 6.72. The summed E-state index contributed by atoms with van der Waals surface area (Å²) in [5, 5.41) is 11.3. The van der Waals surface area contributed by atoms with Crippen LogP contribution < -0.4 is 0 Å². The van der Waals surface area contributed by atoms with Crippen LogP contribution in [-0.4, -0.2) is 9.97 Å². The third-order valence-corrected chi connectivity index (χ3v) is 9.37. The maximum atomic E-state index is 9.14. The summed E-state index contributed by atoms with van der Waals surface area (Å²) in [7, 11) is 0. The summed E-state index contributed by atoms with van der Waals surface area (Å²) in [6.45, 7) is 0. The van der Waals surface area contributed by atoms with Crippen molar-refractivity contribution in [1.29, 1.82) is 5.26 Å². The van der Waals surface area contributed by atoms with Crippen LogP contribution in [0.25, 0.3) is 89.2 Å². The van der Waals surface area contributed by atoms with Crippen LogP contribution in [0.4, 0.5) is 0 Å². The predicted octanol–water partition coefficient (Wildman–Crippen LogP) is 12.2. The maximum Gasteiger partial charge on any atom is 0.136 e. The van der Waals surface area contributed by atoms with Crippen LogP contribution in [0, 0.1) is 11.3 Å². The average Bonchev–Trinajstić information content (AvgIpc) is 3.59. The Morgan fingerprint density at radius 3 is 1.27 bits per heavy atom. The van der Waals surface area contributed by atoms with Crippen molar-refractivity contribution < 1.29 is 4.42 Å². The SMILES string of the molecule is N#Cc1ccc(-c2ccc(-c3ccc(-c4nc(-c5ccccc5)c(-c5ccc6c(c5)oc5ccccc56)nc4-c4ccccc4)cc3)cc2)cc1. The molecule has 0 amide bonds. The molecule has 0 fully saturated rings. The Bertz CT molecular complexity index is 2710. The molecule has 0 aliphatic carbocycles. The van der Waals surface area contributed by atoms with Gasteiger partial charge in [-0.25, -0.2) is 9.97 Å². The molecule has 2 aromatic heterocycles. The molecule has 0 N–H and O–H groups in total. The molecular formula is C47H29N3O. The molecular weight excluding hydrogens is 623 g/mol. The van der Waals surface area contributed by atoms with E-state index in [9.17, 15) is 0 Å². The van der Waals surface area contributed by atoms with Crippen LogP contribution >= 0.6 is 0 Å². The highest BCUT2D eigenvalue weighted by Crippen LogP contribution is 2.39. The number of para-hydroxylation sites is 1. The molecule has 0 aliphatic rings. The lowest BCUT2D eigenvalue weighted by atomic mass is 9.96. The predicted molar refractivity (Wildman–Crippen MR) is 207 cm³/mol. The van der Waals surface area contributed by atoms with Gasteiger partial charge in [0.2, 0.25) is 0 Å². The van der Waals surface area contributed by atoms with Crippen molar-refractivity contribution >= 4 is 21.9 Å². The molecule has 9 rings (SSSR count). The summed E-state index contributed by atoms with van der Waals surface area (Å²) >= 11 is 0. The lowest BCUT2D eigenvalue weighted by Crippen LogP contribution is -2.00. The minimum absolute atomic E-state index is 0.658. The number of nitrogens with zero attached hydrogens (tertiary/aromatic N) is 3. The summed E-state index contributed by atoms with van der Waals surface area (Å²) in [4.78, 5) is 10.9. The minimum Gasteiger partial charge on any atom is -0.456 e. The molecule has 0 bridgehead atoms. The first-order chi connectivity index (χ1) is 25.2. The second-order valence-corrected chi connectivity index (χ2v) is 12.5. The lowest BCUT2D eigenvalue weighted by molar-refractivity contribution is 0.669. The Hall–Kier alpha value is -7.09. The van der Waals surface area contributed by atoms with Crippen molar-refractivity contribution in [3.63, 3.8) is 0 Å². The number of nitriles is 1. The number of benzene rings is 7. The molecule has 0 saturated heterocycles. The van der Waals surface area contributed by atoms with E-state index in [4.69, 9.17) is 19.6 Å². The normalized spacial score (nSPS) is 11.1. The van der Waals surface area contributed by atoms with Crippen molar-refractivity contribution in [2.75, 3.05) is 0 Å². The first-order valence-corrected chi connectivity index (χ1v) is 16.9. The molecule has 7 aromatic carbocycles. The first kappa shape index (κ1) is 30.0. The van der Waals surface area contributed by atoms with Crippen LogP contribution in [0.3, 0.4) is 0 Å². The van der Waals surface area contributed by atoms with Gasteiger partial charge in [0.15, 0.2) is 0 Å². The number of furan rings is 1. The van der Waals surface area contributed by atoms with E-state index in [1.807, 2.05) is 78.9 Å². The zero-order valence-electron chi connectivity index (χ0n) is 27.5. The van der Waals surface area contributed by atoms with E-state index in [2.05, 4.69) is 103 Å². The molecule has 4 heteroatoms. The van der Waals surface area contributed by atoms with Gasteiger partial charge in [-0.15, -0.1) is 0 Å². The number of fused-ring (bicyclic) bond motifs is 3. The molecule has 0 atom stereocenters. The molecule has 2 heterocycles. The second kappa shape index (κ2) is 12.7. The second-order valence-electron chi connectivity index (χ2n) is 12.5. The lowest BCUT2D eigenvalue weighted by Gasteiger charge is -2.16. The Morgan fingerprint density at radius 2 is 0.745 bits per heavy atom. The number of rotatable bonds is 6. The number of aromatic nitrogens is 2. The van der Waals surface area contributed by atoms with Gasteiger partial charge >= 0.3 is 0 Å². The summed E-state index contributed by atoms with van der Waals surface area (Å²) in [5.41, 5.74) is 13.9. The fraction of sp³-hybridized carbons (Fsp3) is 0. The van der Waals surface area contributed by atoms with E-state index in [1.54, 1.807) is 0 Å². The molecule has 4 nitrogen and oxygen atoms in total. The Balaban J connectivity index is 1.16. The van der Waals surface area contributed by atoms with Gasteiger partial charge < -0.3 is 4.42 Å². The summed E-state index contributed by atoms with van der Waals surface area (Å²) in [5.74, 6) is 0. The Kier molecular flexibility index (Phi) is 7.50. The van der Waals surface area contributed by atoms with Gasteiger partial charge in [-0.2, -0.15) is 5.26 Å². The molecule has 0 unspecified atom stereocenters. The van der Waals surface area contributed by atoms with Crippen LogP contribution in [0.5, 0.6) is 0 Å². The third kappa shape index (κ3) is 5.63. The van der Waals surface area contributed by atoms with E-state index in [-0.39, 0.29) is 0 Å². The topological polar surface area (TPSA) is 62.7 Å². The Labute approximate surface area is 295 Å². The molecule has 238 valence electrons. The van der Waals surface area contributed by atoms with Crippen molar-refractivity contribution in [3.05, 3.63) is 181 Å². The first-order valence-electron chi connectivity index (χ1n) is 16.9. The van der Waals surface area contributed by atoms with Crippen molar-refractivity contribution in [1.82, 2.24) is 9.97 Å². The van der Waals surface area contributed by atoms with Gasteiger partial charge in [-0.05, 0) is 52.6 Å². The van der Waals surface area contributed by atoms with Gasteiger partial charge in [0.05, 0.1) is 34.4 Å². The summed E-state index contributed by atoms with van der Waals surface area (Å²) < 4.78 is 6.29. The number of hydrogen-bond donors (Lipinski definition) is 0. The van der Waals surface area contributed by atoms with E-state index < -0.39 is 0 Å². The summed E-state index contributed by atoms with van der Waals surface area (Å²) in [6.07, 6.45) is 0.